The lowest BCUT2D eigenvalue weighted by atomic mass is 9.81. The highest BCUT2D eigenvalue weighted by atomic mass is 35.5. The summed E-state index contributed by atoms with van der Waals surface area (Å²) in [6, 6.07) is 16.0. The number of benzene rings is 2. The molecule has 2 aliphatic rings. The Morgan fingerprint density at radius 3 is 2.63 bits per heavy atom. The fourth-order valence-electron chi connectivity index (χ4n) is 4.06. The molecule has 1 fully saturated rings. The van der Waals surface area contributed by atoms with Crippen LogP contribution in [0.5, 0.6) is 5.75 Å². The van der Waals surface area contributed by atoms with Crippen molar-refractivity contribution in [3.8, 4) is 11.8 Å². The lowest BCUT2D eigenvalue weighted by Crippen LogP contribution is -2.62. The molecule has 2 unspecified atom stereocenters. The van der Waals surface area contributed by atoms with E-state index in [4.69, 9.17) is 27.3 Å². The fourth-order valence-corrected chi connectivity index (χ4v) is 4.28. The van der Waals surface area contributed by atoms with E-state index in [1.54, 1.807) is 18.2 Å². The van der Waals surface area contributed by atoms with Gasteiger partial charge in [-0.05, 0) is 49.6 Å². The number of fused-ring (bicyclic) bond motifs is 1. The first-order valence-corrected chi connectivity index (χ1v) is 9.71. The maximum absolute atomic E-state index is 9.05. The average molecular weight is 382 g/mol. The summed E-state index contributed by atoms with van der Waals surface area (Å²) in [5.74, 6) is 1.12. The first kappa shape index (κ1) is 18.3. The third kappa shape index (κ3) is 3.43. The molecule has 0 radical (unpaired) electrons. The third-order valence-corrected chi connectivity index (χ3v) is 6.18. The van der Waals surface area contributed by atoms with E-state index in [1.807, 2.05) is 0 Å². The van der Waals surface area contributed by atoms with E-state index < -0.39 is 0 Å². The zero-order valence-electron chi connectivity index (χ0n) is 15.7. The number of hydrogen-bond acceptors (Lipinski definition) is 4. The Hall–Kier alpha value is -2.06. The van der Waals surface area contributed by atoms with Gasteiger partial charge in [-0.15, -0.1) is 0 Å². The number of nitrogens with zero attached hydrogens (tertiary/aromatic N) is 2. The van der Waals surface area contributed by atoms with Crippen molar-refractivity contribution in [3.05, 3.63) is 64.2 Å². The quantitative estimate of drug-likeness (QED) is 0.871. The Labute approximate surface area is 165 Å². The summed E-state index contributed by atoms with van der Waals surface area (Å²) in [5.41, 5.74) is 9.21. The van der Waals surface area contributed by atoms with Crippen molar-refractivity contribution in [1.82, 2.24) is 4.90 Å². The zero-order chi connectivity index (χ0) is 19.2. The first-order chi connectivity index (χ1) is 12.9. The Bertz CT molecular complexity index is 893. The van der Waals surface area contributed by atoms with Crippen LogP contribution in [0.25, 0.3) is 0 Å². The SMILES string of the molecule is CC(C)(N)C1CN(C2Cc3ccccc3C2Oc2ccc(C#N)cc2Cl)C1. The lowest BCUT2D eigenvalue weighted by molar-refractivity contribution is -0.0213. The van der Waals surface area contributed by atoms with Crippen molar-refractivity contribution in [1.29, 1.82) is 5.26 Å². The highest BCUT2D eigenvalue weighted by Gasteiger charge is 2.45. The van der Waals surface area contributed by atoms with Crippen LogP contribution in [0.2, 0.25) is 5.02 Å². The van der Waals surface area contributed by atoms with Gasteiger partial charge in [0.25, 0.3) is 0 Å². The van der Waals surface area contributed by atoms with Crippen LogP contribution in [0, 0.1) is 17.2 Å². The van der Waals surface area contributed by atoms with E-state index >= 15 is 0 Å². The van der Waals surface area contributed by atoms with Gasteiger partial charge in [-0.25, -0.2) is 0 Å². The van der Waals surface area contributed by atoms with Gasteiger partial charge in [-0.1, -0.05) is 35.9 Å². The third-order valence-electron chi connectivity index (χ3n) is 5.89. The van der Waals surface area contributed by atoms with E-state index in [-0.39, 0.29) is 17.7 Å². The number of hydrogen-bond donors (Lipinski definition) is 1. The van der Waals surface area contributed by atoms with Crippen molar-refractivity contribution in [2.24, 2.45) is 11.7 Å². The van der Waals surface area contributed by atoms with E-state index in [9.17, 15) is 0 Å². The van der Waals surface area contributed by atoms with E-state index in [1.165, 1.54) is 11.1 Å². The van der Waals surface area contributed by atoms with E-state index in [0.29, 0.717) is 22.3 Å². The summed E-state index contributed by atoms with van der Waals surface area (Å²) in [5, 5.41) is 9.52. The lowest BCUT2D eigenvalue weighted by Gasteiger charge is -2.49. The molecule has 1 aliphatic heterocycles. The summed E-state index contributed by atoms with van der Waals surface area (Å²) in [7, 11) is 0. The van der Waals surface area contributed by atoms with E-state index in [2.05, 4.69) is 49.1 Å². The van der Waals surface area contributed by atoms with Crippen LogP contribution in [-0.4, -0.2) is 29.6 Å². The topological polar surface area (TPSA) is 62.3 Å². The molecular weight excluding hydrogens is 358 g/mol. The van der Waals surface area contributed by atoms with Crippen LogP contribution < -0.4 is 10.5 Å². The van der Waals surface area contributed by atoms with Crippen molar-refractivity contribution >= 4 is 11.6 Å². The zero-order valence-corrected chi connectivity index (χ0v) is 16.4. The molecule has 2 aromatic carbocycles. The number of nitrogens with two attached hydrogens (primary N) is 1. The second kappa shape index (κ2) is 6.83. The van der Waals surface area contributed by atoms with Gasteiger partial charge in [-0.3, -0.25) is 4.90 Å². The molecule has 2 N–H and O–H groups in total. The standard InChI is InChI=1S/C22H24ClN3O/c1-22(2,25)16-12-26(13-16)19-10-15-5-3-4-6-17(15)21(19)27-20-8-7-14(11-24)9-18(20)23/h3-9,16,19,21H,10,12-13,25H2,1-2H3. The first-order valence-electron chi connectivity index (χ1n) is 9.34. The minimum atomic E-state index is -0.158. The Morgan fingerprint density at radius 1 is 1.22 bits per heavy atom. The number of rotatable bonds is 4. The average Bonchev–Trinajstić information content (AvgIpc) is 2.92. The molecule has 0 amide bonds. The number of halogens is 1. The van der Waals surface area contributed by atoms with Crippen LogP contribution >= 0.6 is 11.6 Å². The minimum absolute atomic E-state index is 0.0755. The van der Waals surface area contributed by atoms with Gasteiger partial charge >= 0.3 is 0 Å². The van der Waals surface area contributed by atoms with Gasteiger partial charge in [0.15, 0.2) is 0 Å². The predicted molar refractivity (Wildman–Crippen MR) is 107 cm³/mol. The highest BCUT2D eigenvalue weighted by Crippen LogP contribution is 2.42. The second-order valence-corrected chi connectivity index (χ2v) is 8.65. The van der Waals surface area contributed by atoms with Gasteiger partial charge in [0, 0.05) is 24.5 Å². The van der Waals surface area contributed by atoms with Crippen molar-refractivity contribution in [3.63, 3.8) is 0 Å². The molecule has 1 heterocycles. The molecular formula is C22H24ClN3O. The summed E-state index contributed by atoms with van der Waals surface area (Å²) < 4.78 is 6.41. The van der Waals surface area contributed by atoms with Crippen LogP contribution in [0.4, 0.5) is 0 Å². The largest absolute Gasteiger partial charge is 0.482 e. The van der Waals surface area contributed by atoms with Gasteiger partial charge in [0.1, 0.15) is 11.9 Å². The fraction of sp³-hybridized carbons (Fsp3) is 0.409. The maximum atomic E-state index is 9.05. The summed E-state index contributed by atoms with van der Waals surface area (Å²) in [6.45, 7) is 6.18. The molecule has 4 nitrogen and oxygen atoms in total. The van der Waals surface area contributed by atoms with Crippen molar-refractivity contribution in [2.75, 3.05) is 13.1 Å². The molecule has 0 saturated carbocycles. The molecule has 0 bridgehead atoms. The molecule has 0 spiro atoms. The van der Waals surface area contributed by atoms with Crippen LogP contribution in [0.1, 0.15) is 36.6 Å². The maximum Gasteiger partial charge on any atom is 0.140 e. The van der Waals surface area contributed by atoms with Crippen molar-refractivity contribution in [2.45, 2.75) is 38.0 Å². The van der Waals surface area contributed by atoms with Crippen LogP contribution in [0.15, 0.2) is 42.5 Å². The van der Waals surface area contributed by atoms with Crippen LogP contribution in [-0.2, 0) is 6.42 Å². The minimum Gasteiger partial charge on any atom is -0.482 e. The van der Waals surface area contributed by atoms with Crippen LogP contribution in [0.3, 0.4) is 0 Å². The van der Waals surface area contributed by atoms with Gasteiger partial charge in [-0.2, -0.15) is 5.26 Å². The predicted octanol–water partition coefficient (Wildman–Crippen LogP) is 3.93. The molecule has 1 saturated heterocycles. The molecule has 140 valence electrons. The van der Waals surface area contributed by atoms with Gasteiger partial charge in [0.05, 0.1) is 22.7 Å². The second-order valence-electron chi connectivity index (χ2n) is 8.24. The Morgan fingerprint density at radius 2 is 1.96 bits per heavy atom. The molecule has 1 aliphatic carbocycles. The molecule has 0 aromatic heterocycles. The summed E-state index contributed by atoms with van der Waals surface area (Å²) in [6.07, 6.45) is 0.889. The summed E-state index contributed by atoms with van der Waals surface area (Å²) >= 11 is 6.37. The molecule has 5 heteroatoms. The van der Waals surface area contributed by atoms with Gasteiger partial charge < -0.3 is 10.5 Å². The van der Waals surface area contributed by atoms with Gasteiger partial charge in [0.2, 0.25) is 0 Å². The smallest absolute Gasteiger partial charge is 0.140 e. The Kier molecular flexibility index (Phi) is 4.63. The number of nitriles is 1. The number of ether oxygens (including phenoxy) is 1. The molecule has 27 heavy (non-hydrogen) atoms. The normalized spacial score (nSPS) is 22.8. The molecule has 4 rings (SSSR count). The van der Waals surface area contributed by atoms with Crippen molar-refractivity contribution < 1.29 is 4.74 Å². The summed E-state index contributed by atoms with van der Waals surface area (Å²) in [4.78, 5) is 2.47. The highest BCUT2D eigenvalue weighted by molar-refractivity contribution is 6.32. The Balaban J connectivity index is 1.59. The number of likely N-dealkylation sites (tertiary alicyclic amines) is 1. The van der Waals surface area contributed by atoms with E-state index in [0.717, 1.165) is 19.5 Å². The monoisotopic (exact) mass is 381 g/mol. The molecule has 2 aromatic rings. The molecule has 2 atom stereocenters.